The van der Waals surface area contributed by atoms with Gasteiger partial charge in [0.05, 0.1) is 18.2 Å². The lowest BCUT2D eigenvalue weighted by molar-refractivity contribution is 0.0652. The first-order valence-corrected chi connectivity index (χ1v) is 4.43. The first-order chi connectivity index (χ1) is 7.22. The molecule has 0 atom stereocenters. The van der Waals surface area contributed by atoms with Crippen LogP contribution in [-0.2, 0) is 6.54 Å². The van der Waals surface area contributed by atoms with Crippen molar-refractivity contribution in [3.8, 4) is 11.4 Å². The molecule has 78 valence electrons. The smallest absolute Gasteiger partial charge is 0.374 e. The number of carboxylic acid groups (broad SMARTS) is 1. The number of hydrogen-bond acceptors (Lipinski definition) is 4. The van der Waals surface area contributed by atoms with Gasteiger partial charge in [0.1, 0.15) is 5.69 Å². The van der Waals surface area contributed by atoms with Crippen molar-refractivity contribution in [3.63, 3.8) is 0 Å². The van der Waals surface area contributed by atoms with Crippen LogP contribution in [-0.4, -0.2) is 25.8 Å². The molecule has 1 N–H and O–H groups in total. The Morgan fingerprint density at radius 2 is 2.47 bits per heavy atom. The molecule has 0 aliphatic heterocycles. The molecule has 2 aromatic rings. The van der Waals surface area contributed by atoms with Crippen molar-refractivity contribution in [2.45, 2.75) is 13.5 Å². The van der Waals surface area contributed by atoms with Crippen molar-refractivity contribution >= 4 is 5.97 Å². The highest BCUT2D eigenvalue weighted by atomic mass is 16.5. The molecule has 0 saturated heterocycles. The Kier molecular flexibility index (Phi) is 2.24. The van der Waals surface area contributed by atoms with Gasteiger partial charge in [-0.3, -0.25) is 0 Å². The quantitative estimate of drug-likeness (QED) is 0.819. The molecule has 2 aromatic heterocycles. The first-order valence-electron chi connectivity index (χ1n) is 4.43. The molecule has 6 nitrogen and oxygen atoms in total. The fourth-order valence-corrected chi connectivity index (χ4v) is 1.28. The van der Waals surface area contributed by atoms with Crippen LogP contribution in [0.25, 0.3) is 11.4 Å². The number of aromatic carboxylic acids is 1. The van der Waals surface area contributed by atoms with E-state index in [0.29, 0.717) is 5.69 Å². The predicted molar refractivity (Wildman–Crippen MR) is 50.4 cm³/mol. The van der Waals surface area contributed by atoms with Gasteiger partial charge in [0.15, 0.2) is 0 Å². The normalized spacial score (nSPS) is 10.5. The first kappa shape index (κ1) is 9.45. The van der Waals surface area contributed by atoms with E-state index in [2.05, 4.69) is 14.7 Å². The van der Waals surface area contributed by atoms with E-state index in [1.807, 2.05) is 11.5 Å². The number of hydrogen-bond donors (Lipinski definition) is 1. The summed E-state index contributed by atoms with van der Waals surface area (Å²) in [6.45, 7) is 2.70. The third-order valence-electron chi connectivity index (χ3n) is 2.04. The largest absolute Gasteiger partial charge is 0.475 e. The third-order valence-corrected chi connectivity index (χ3v) is 2.04. The highest BCUT2D eigenvalue weighted by Crippen LogP contribution is 2.18. The molecule has 0 unspecified atom stereocenters. The monoisotopic (exact) mass is 207 g/mol. The maximum Gasteiger partial charge on any atom is 0.374 e. The Morgan fingerprint density at radius 3 is 3.07 bits per heavy atom. The summed E-state index contributed by atoms with van der Waals surface area (Å²) in [5, 5.41) is 12.3. The van der Waals surface area contributed by atoms with Gasteiger partial charge in [0.25, 0.3) is 0 Å². The minimum absolute atomic E-state index is 0.172. The van der Waals surface area contributed by atoms with Crippen molar-refractivity contribution in [3.05, 3.63) is 24.4 Å². The van der Waals surface area contributed by atoms with E-state index in [1.165, 1.54) is 6.07 Å². The van der Waals surface area contributed by atoms with Crippen LogP contribution in [0.15, 0.2) is 23.1 Å². The molecule has 0 fully saturated rings. The van der Waals surface area contributed by atoms with Crippen LogP contribution in [0.4, 0.5) is 0 Å². The van der Waals surface area contributed by atoms with Gasteiger partial charge in [-0.1, -0.05) is 5.16 Å². The molecule has 0 bridgehead atoms. The molecule has 0 aromatic carbocycles. The highest BCUT2D eigenvalue weighted by Gasteiger charge is 2.14. The topological polar surface area (TPSA) is 81.2 Å². The lowest BCUT2D eigenvalue weighted by Crippen LogP contribution is -1.94. The van der Waals surface area contributed by atoms with Crippen LogP contribution in [0.3, 0.4) is 0 Å². The second-order valence-electron chi connectivity index (χ2n) is 2.95. The molecular formula is C9H9N3O3. The number of rotatable bonds is 3. The summed E-state index contributed by atoms with van der Waals surface area (Å²) in [6, 6.07) is 1.38. The summed E-state index contributed by atoms with van der Waals surface area (Å²) in [7, 11) is 0. The summed E-state index contributed by atoms with van der Waals surface area (Å²) in [4.78, 5) is 14.5. The number of aryl methyl sites for hydroxylation is 1. The number of nitrogens with zero attached hydrogens (tertiary/aromatic N) is 3. The zero-order valence-electron chi connectivity index (χ0n) is 8.04. The maximum absolute atomic E-state index is 10.6. The van der Waals surface area contributed by atoms with E-state index in [9.17, 15) is 4.79 Å². The molecule has 0 amide bonds. The minimum Gasteiger partial charge on any atom is -0.475 e. The molecule has 2 rings (SSSR count). The van der Waals surface area contributed by atoms with Gasteiger partial charge in [-0.15, -0.1) is 0 Å². The minimum atomic E-state index is -1.13. The predicted octanol–water partition coefficient (Wildman–Crippen LogP) is 1.26. The lowest BCUT2D eigenvalue weighted by atomic mass is 10.3. The van der Waals surface area contributed by atoms with Crippen LogP contribution in [0.2, 0.25) is 0 Å². The van der Waals surface area contributed by atoms with Gasteiger partial charge >= 0.3 is 5.97 Å². The zero-order valence-corrected chi connectivity index (χ0v) is 8.04. The average Bonchev–Trinajstić information content (AvgIpc) is 2.85. The van der Waals surface area contributed by atoms with Gasteiger partial charge in [-0.25, -0.2) is 9.78 Å². The Morgan fingerprint density at radius 1 is 1.67 bits per heavy atom. The molecule has 0 aliphatic rings. The van der Waals surface area contributed by atoms with Crippen molar-refractivity contribution in [1.29, 1.82) is 0 Å². The van der Waals surface area contributed by atoms with Crippen molar-refractivity contribution in [1.82, 2.24) is 14.7 Å². The Bertz CT molecular complexity index is 486. The van der Waals surface area contributed by atoms with Crippen LogP contribution < -0.4 is 0 Å². The van der Waals surface area contributed by atoms with E-state index < -0.39 is 5.97 Å². The second kappa shape index (κ2) is 3.56. The van der Waals surface area contributed by atoms with Crippen LogP contribution in [0, 0.1) is 0 Å². The van der Waals surface area contributed by atoms with Gasteiger partial charge in [0, 0.05) is 12.6 Å². The molecule has 2 heterocycles. The third kappa shape index (κ3) is 1.61. The molecule has 0 spiro atoms. The Balaban J connectivity index is 2.41. The van der Waals surface area contributed by atoms with E-state index in [4.69, 9.17) is 5.11 Å². The maximum atomic E-state index is 10.6. The van der Waals surface area contributed by atoms with Gasteiger partial charge in [-0.05, 0) is 6.92 Å². The van der Waals surface area contributed by atoms with Gasteiger partial charge in [0.2, 0.25) is 5.76 Å². The van der Waals surface area contributed by atoms with E-state index in [0.717, 1.165) is 12.2 Å². The van der Waals surface area contributed by atoms with E-state index in [1.54, 1.807) is 12.5 Å². The van der Waals surface area contributed by atoms with Gasteiger partial charge < -0.3 is 14.2 Å². The second-order valence-corrected chi connectivity index (χ2v) is 2.95. The number of imidazole rings is 1. The summed E-state index contributed by atoms with van der Waals surface area (Å²) in [5.74, 6) is -1.30. The number of carboxylic acids is 1. The molecule has 15 heavy (non-hydrogen) atoms. The average molecular weight is 207 g/mol. The fourth-order valence-electron chi connectivity index (χ4n) is 1.28. The van der Waals surface area contributed by atoms with E-state index in [-0.39, 0.29) is 5.76 Å². The summed E-state index contributed by atoms with van der Waals surface area (Å²) < 4.78 is 6.51. The Hall–Kier alpha value is -2.11. The van der Waals surface area contributed by atoms with Crippen molar-refractivity contribution in [2.24, 2.45) is 0 Å². The SMILES string of the molecule is CCn1cncc1-c1cc(C(=O)O)on1. The lowest BCUT2D eigenvalue weighted by Gasteiger charge is -1.99. The number of carbonyl (C=O) groups is 1. The molecule has 0 saturated carbocycles. The fraction of sp³-hybridized carbons (Fsp3) is 0.222. The van der Waals surface area contributed by atoms with E-state index >= 15 is 0 Å². The summed E-state index contributed by atoms with van der Waals surface area (Å²) in [5.41, 5.74) is 1.22. The molecule has 0 radical (unpaired) electrons. The number of aromatic nitrogens is 3. The van der Waals surface area contributed by atoms with Crippen molar-refractivity contribution < 1.29 is 14.4 Å². The molecule has 6 heteroatoms. The summed E-state index contributed by atoms with van der Waals surface area (Å²) in [6.07, 6.45) is 3.28. The van der Waals surface area contributed by atoms with Crippen LogP contribution >= 0.6 is 0 Å². The Labute approximate surface area is 85.1 Å². The van der Waals surface area contributed by atoms with Crippen LogP contribution in [0.1, 0.15) is 17.5 Å². The molecule has 0 aliphatic carbocycles. The highest BCUT2D eigenvalue weighted by molar-refractivity contribution is 5.85. The van der Waals surface area contributed by atoms with Crippen LogP contribution in [0.5, 0.6) is 0 Å². The molecular weight excluding hydrogens is 198 g/mol. The summed E-state index contributed by atoms with van der Waals surface area (Å²) >= 11 is 0. The van der Waals surface area contributed by atoms with Gasteiger partial charge in [-0.2, -0.15) is 0 Å². The standard InChI is InChI=1S/C9H9N3O3/c1-2-12-5-10-4-7(12)6-3-8(9(13)14)15-11-6/h3-5H,2H2,1H3,(H,13,14). The van der Waals surface area contributed by atoms with Crippen molar-refractivity contribution in [2.75, 3.05) is 0 Å². The zero-order chi connectivity index (χ0) is 10.8.